The summed E-state index contributed by atoms with van der Waals surface area (Å²) < 4.78 is 13.2. The van der Waals surface area contributed by atoms with Crippen LogP contribution >= 0.6 is 0 Å². The van der Waals surface area contributed by atoms with E-state index < -0.39 is 35.2 Å². The molecule has 0 fully saturated rings. The highest BCUT2D eigenvalue weighted by Crippen LogP contribution is 2.32. The lowest BCUT2D eigenvalue weighted by Gasteiger charge is -2.32. The Bertz CT molecular complexity index is 930. The van der Waals surface area contributed by atoms with Crippen molar-refractivity contribution in [3.63, 3.8) is 0 Å². The molecule has 0 bridgehead atoms. The molecule has 0 amide bonds. The number of rotatable bonds is 14. The molecule has 0 N–H and O–H groups in total. The molecule has 2 aromatic carbocycles. The molecule has 0 saturated carbocycles. The molecule has 0 aromatic heterocycles. The van der Waals surface area contributed by atoms with Crippen LogP contribution in [-0.4, -0.2) is 48.4 Å². The van der Waals surface area contributed by atoms with Crippen LogP contribution in [0.25, 0.3) is 0 Å². The van der Waals surface area contributed by atoms with E-state index in [1.807, 2.05) is 0 Å². The first-order valence-electron chi connectivity index (χ1n) is 14.9. The van der Waals surface area contributed by atoms with Gasteiger partial charge in [-0.2, -0.15) is 0 Å². The highest BCUT2D eigenvalue weighted by Gasteiger charge is 2.30. The molecule has 0 saturated heterocycles. The maximum Gasteiger partial charge on any atom is 0.117 e. The average molecular weight is 597 g/mol. The fraction of sp³-hybridized carbons (Fsp3) is 0.636. The molecule has 6 heteroatoms. The SMILES string of the molecule is CC(C)CCOc1c([Si](C)C)cc(C(C)(C)c2cc([Si](C)C)c(OCCC(C)C)c([Si](C)C)c2)cc1[Si](C)C. The Hall–Kier alpha value is -1.09. The van der Waals surface area contributed by atoms with Gasteiger partial charge in [0, 0.05) is 5.41 Å². The van der Waals surface area contributed by atoms with Crippen molar-refractivity contribution < 1.29 is 9.47 Å². The van der Waals surface area contributed by atoms with Crippen LogP contribution in [0.3, 0.4) is 0 Å². The van der Waals surface area contributed by atoms with Gasteiger partial charge in [0.25, 0.3) is 0 Å². The van der Waals surface area contributed by atoms with Gasteiger partial charge in [-0.1, -0.05) is 118 Å². The summed E-state index contributed by atoms with van der Waals surface area (Å²) in [5.74, 6) is 3.74. The molecule has 0 atom stereocenters. The van der Waals surface area contributed by atoms with Crippen LogP contribution in [0.1, 0.15) is 65.5 Å². The minimum atomic E-state index is -0.695. The van der Waals surface area contributed by atoms with Gasteiger partial charge in [-0.15, -0.1) is 0 Å². The van der Waals surface area contributed by atoms with Crippen LogP contribution in [0.4, 0.5) is 0 Å². The standard InChI is InChI=1S/C33H56O2Si4/c1-23(2)15-17-34-31-27(36(7)8)19-25(20-28(31)37(9)10)33(5,6)26-21-29(38(11)12)32(30(22-26)39(13)14)35-18-16-24(3)4/h19-24H,15-18H2,1-14H3. The maximum atomic E-state index is 6.59. The molecule has 0 heterocycles. The van der Waals surface area contributed by atoms with Gasteiger partial charge in [0.1, 0.15) is 11.5 Å². The van der Waals surface area contributed by atoms with Crippen molar-refractivity contribution >= 4 is 55.9 Å². The van der Waals surface area contributed by atoms with E-state index in [1.54, 1.807) is 0 Å². The van der Waals surface area contributed by atoms with Crippen LogP contribution in [-0.2, 0) is 5.41 Å². The zero-order valence-electron chi connectivity index (χ0n) is 27.6. The minimum absolute atomic E-state index is 0.0941. The highest BCUT2D eigenvalue weighted by atomic mass is 28.3. The molecule has 0 aliphatic heterocycles. The zero-order chi connectivity index (χ0) is 29.7. The summed E-state index contributed by atoms with van der Waals surface area (Å²) >= 11 is 0. The second kappa shape index (κ2) is 14.7. The molecule has 2 nitrogen and oxygen atoms in total. The van der Waals surface area contributed by atoms with Crippen LogP contribution in [0.5, 0.6) is 11.5 Å². The summed E-state index contributed by atoms with van der Waals surface area (Å²) in [7, 11) is -2.78. The van der Waals surface area contributed by atoms with E-state index in [1.165, 1.54) is 43.4 Å². The van der Waals surface area contributed by atoms with Gasteiger partial charge < -0.3 is 9.47 Å². The summed E-state index contributed by atoms with van der Waals surface area (Å²) in [5.41, 5.74) is 2.78. The summed E-state index contributed by atoms with van der Waals surface area (Å²) in [6, 6.07) is 10.0. The second-order valence-electron chi connectivity index (χ2n) is 13.5. The Morgan fingerprint density at radius 2 is 0.795 bits per heavy atom. The van der Waals surface area contributed by atoms with E-state index in [0.717, 1.165) is 26.1 Å². The molecule has 4 radical (unpaired) electrons. The number of ether oxygens (including phenoxy) is 2. The summed E-state index contributed by atoms with van der Waals surface area (Å²) in [6.07, 6.45) is 2.20. The fourth-order valence-electron chi connectivity index (χ4n) is 4.74. The maximum absolute atomic E-state index is 6.59. The van der Waals surface area contributed by atoms with Gasteiger partial charge >= 0.3 is 0 Å². The normalized spacial score (nSPS) is 12.6. The second-order valence-corrected chi connectivity index (χ2v) is 23.6. The van der Waals surface area contributed by atoms with Gasteiger partial charge in [0.15, 0.2) is 0 Å². The Morgan fingerprint density at radius 1 is 0.538 bits per heavy atom. The Balaban J connectivity index is 2.70. The monoisotopic (exact) mass is 596 g/mol. The Kier molecular flexibility index (Phi) is 12.9. The van der Waals surface area contributed by atoms with Crippen molar-refractivity contribution in [1.29, 1.82) is 0 Å². The lowest BCUT2D eigenvalue weighted by atomic mass is 9.78. The van der Waals surface area contributed by atoms with Gasteiger partial charge in [-0.25, -0.2) is 0 Å². The van der Waals surface area contributed by atoms with Crippen LogP contribution < -0.4 is 30.2 Å². The molecule has 39 heavy (non-hydrogen) atoms. The Labute approximate surface area is 248 Å². The van der Waals surface area contributed by atoms with Crippen molar-refractivity contribution in [2.24, 2.45) is 11.8 Å². The molecule has 0 aliphatic rings. The van der Waals surface area contributed by atoms with Crippen molar-refractivity contribution in [3.8, 4) is 11.5 Å². The minimum Gasteiger partial charge on any atom is -0.494 e. The van der Waals surface area contributed by atoms with E-state index in [4.69, 9.17) is 9.47 Å². The number of hydrogen-bond donors (Lipinski definition) is 0. The molecule has 0 unspecified atom stereocenters. The van der Waals surface area contributed by atoms with Crippen LogP contribution in [0, 0.1) is 11.8 Å². The topological polar surface area (TPSA) is 18.5 Å². The lowest BCUT2D eigenvalue weighted by Crippen LogP contribution is -2.40. The first-order chi connectivity index (χ1) is 18.1. The van der Waals surface area contributed by atoms with E-state index >= 15 is 0 Å². The zero-order valence-corrected chi connectivity index (χ0v) is 31.6. The third-order valence-electron chi connectivity index (χ3n) is 7.66. The first-order valence-corrected chi connectivity index (χ1v) is 24.9. The average Bonchev–Trinajstić information content (AvgIpc) is 2.82. The Morgan fingerprint density at radius 3 is 1.00 bits per heavy atom. The lowest BCUT2D eigenvalue weighted by molar-refractivity contribution is 0.293. The molecule has 216 valence electrons. The molecule has 2 aromatic rings. The van der Waals surface area contributed by atoms with E-state index in [-0.39, 0.29) is 5.41 Å². The van der Waals surface area contributed by atoms with Gasteiger partial charge in [-0.05, 0) is 56.6 Å². The van der Waals surface area contributed by atoms with E-state index in [0.29, 0.717) is 11.8 Å². The molecule has 0 spiro atoms. The third kappa shape index (κ3) is 8.94. The molecule has 0 aliphatic carbocycles. The van der Waals surface area contributed by atoms with Crippen molar-refractivity contribution in [2.45, 2.75) is 112 Å². The smallest absolute Gasteiger partial charge is 0.117 e. The molecular weight excluding hydrogens is 541 g/mol. The summed E-state index contributed by atoms with van der Waals surface area (Å²) in [6.45, 7) is 34.9. The van der Waals surface area contributed by atoms with Crippen molar-refractivity contribution in [3.05, 3.63) is 35.4 Å². The van der Waals surface area contributed by atoms with Crippen molar-refractivity contribution in [2.75, 3.05) is 13.2 Å². The van der Waals surface area contributed by atoms with E-state index in [9.17, 15) is 0 Å². The highest BCUT2D eigenvalue weighted by molar-refractivity contribution is 6.76. The van der Waals surface area contributed by atoms with Crippen molar-refractivity contribution in [1.82, 2.24) is 0 Å². The third-order valence-corrected chi connectivity index (χ3v) is 13.5. The number of benzene rings is 2. The quantitative estimate of drug-likeness (QED) is 0.226. The predicted molar refractivity (Wildman–Crippen MR) is 183 cm³/mol. The first kappa shape index (κ1) is 34.1. The largest absolute Gasteiger partial charge is 0.494 e. The number of hydrogen-bond acceptors (Lipinski definition) is 2. The molecular formula is C33H56O2Si4. The van der Waals surface area contributed by atoms with Crippen LogP contribution in [0.15, 0.2) is 24.3 Å². The summed E-state index contributed by atoms with van der Waals surface area (Å²) in [5, 5.41) is 5.87. The molecule has 2 rings (SSSR count). The van der Waals surface area contributed by atoms with E-state index in [2.05, 4.69) is 118 Å². The van der Waals surface area contributed by atoms with Crippen LogP contribution in [0.2, 0.25) is 52.4 Å². The fourth-order valence-corrected chi connectivity index (χ4v) is 9.41. The van der Waals surface area contributed by atoms with Gasteiger partial charge in [-0.3, -0.25) is 0 Å². The summed E-state index contributed by atoms with van der Waals surface area (Å²) in [4.78, 5) is 0. The van der Waals surface area contributed by atoms with Gasteiger partial charge in [0.2, 0.25) is 0 Å². The predicted octanol–water partition coefficient (Wildman–Crippen LogP) is 6.71. The van der Waals surface area contributed by atoms with Gasteiger partial charge in [0.05, 0.1) is 48.4 Å².